The molecule has 0 fully saturated rings. The van der Waals surface area contributed by atoms with Crippen LogP contribution in [0.25, 0.3) is 5.57 Å². The van der Waals surface area contributed by atoms with E-state index >= 15 is 0 Å². The zero-order valence-corrected chi connectivity index (χ0v) is 18.9. The summed E-state index contributed by atoms with van der Waals surface area (Å²) in [7, 11) is 1.70. The summed E-state index contributed by atoms with van der Waals surface area (Å²) in [5.74, 6) is 0.639. The standard InChI is InChI=1S/C27H32FNO2/c1-5-7-9-20(6-2)25-16-19(3)24-17-22(21-10-12-23(28)13-11-21)18-26(27(24)29-25)31-15-8-14-30-4/h5,7,9-13,16-18,27,29H,6,8,14-15H2,1-4H3/b7-5-,20-9+. The molecule has 164 valence electrons. The Bertz CT molecular complexity index is 961. The second-order valence-corrected chi connectivity index (χ2v) is 7.69. The molecule has 1 aromatic rings. The maximum atomic E-state index is 13.4. The van der Waals surface area contributed by atoms with Crippen LogP contribution < -0.4 is 5.32 Å². The van der Waals surface area contributed by atoms with Crippen molar-refractivity contribution in [3.8, 4) is 0 Å². The lowest BCUT2D eigenvalue weighted by molar-refractivity contribution is 0.138. The molecule has 0 spiro atoms. The van der Waals surface area contributed by atoms with Crippen molar-refractivity contribution in [2.45, 2.75) is 39.7 Å². The number of benzene rings is 1. The van der Waals surface area contributed by atoms with E-state index in [2.05, 4.69) is 49.5 Å². The minimum atomic E-state index is -0.236. The molecule has 0 bridgehead atoms. The van der Waals surface area contributed by atoms with Crippen molar-refractivity contribution in [2.24, 2.45) is 0 Å². The van der Waals surface area contributed by atoms with Gasteiger partial charge < -0.3 is 14.8 Å². The molecule has 0 aromatic heterocycles. The number of methoxy groups -OCH3 is 1. The molecule has 0 radical (unpaired) electrons. The number of ether oxygens (including phenoxy) is 2. The van der Waals surface area contributed by atoms with E-state index in [9.17, 15) is 4.39 Å². The van der Waals surface area contributed by atoms with Crippen molar-refractivity contribution in [3.63, 3.8) is 0 Å². The van der Waals surface area contributed by atoms with Crippen molar-refractivity contribution in [3.05, 3.63) is 100 Å². The summed E-state index contributed by atoms with van der Waals surface area (Å²) in [6.45, 7) is 7.56. The highest BCUT2D eigenvalue weighted by Gasteiger charge is 2.29. The lowest BCUT2D eigenvalue weighted by Crippen LogP contribution is -2.38. The quantitative estimate of drug-likeness (QED) is 0.378. The highest BCUT2D eigenvalue weighted by molar-refractivity contribution is 5.80. The number of rotatable bonds is 9. The number of allylic oxidation sites excluding steroid dienone is 8. The molecular weight excluding hydrogens is 389 g/mol. The van der Waals surface area contributed by atoms with Crippen molar-refractivity contribution in [2.75, 3.05) is 20.3 Å². The molecule has 31 heavy (non-hydrogen) atoms. The van der Waals surface area contributed by atoms with Crippen LogP contribution >= 0.6 is 0 Å². The van der Waals surface area contributed by atoms with Gasteiger partial charge in [-0.15, -0.1) is 0 Å². The molecule has 0 amide bonds. The Morgan fingerprint density at radius 3 is 2.58 bits per heavy atom. The van der Waals surface area contributed by atoms with E-state index in [4.69, 9.17) is 9.47 Å². The normalized spacial score (nSPS) is 18.9. The van der Waals surface area contributed by atoms with Gasteiger partial charge in [0.25, 0.3) is 0 Å². The highest BCUT2D eigenvalue weighted by Crippen LogP contribution is 2.35. The van der Waals surface area contributed by atoms with Crippen LogP contribution in [-0.2, 0) is 9.47 Å². The molecule has 1 heterocycles. The van der Waals surface area contributed by atoms with E-state index in [0.717, 1.165) is 35.4 Å². The molecule has 1 unspecified atom stereocenters. The van der Waals surface area contributed by atoms with Crippen molar-refractivity contribution in [1.29, 1.82) is 0 Å². The molecule has 3 rings (SSSR count). The summed E-state index contributed by atoms with van der Waals surface area (Å²) in [5, 5.41) is 3.69. The van der Waals surface area contributed by atoms with Gasteiger partial charge in [0, 0.05) is 25.8 Å². The average molecular weight is 422 g/mol. The summed E-state index contributed by atoms with van der Waals surface area (Å²) in [6.07, 6.45) is 14.5. The number of hydrogen-bond acceptors (Lipinski definition) is 3. The molecule has 2 aliphatic rings. The molecule has 0 saturated carbocycles. The zero-order valence-electron chi connectivity index (χ0n) is 18.9. The van der Waals surface area contributed by atoms with Crippen molar-refractivity contribution >= 4 is 5.57 Å². The molecule has 1 atom stereocenters. The summed E-state index contributed by atoms with van der Waals surface area (Å²) in [4.78, 5) is 0. The first kappa shape index (κ1) is 22.8. The van der Waals surface area contributed by atoms with Crippen LogP contribution in [0.4, 0.5) is 4.39 Å². The third-order valence-electron chi connectivity index (χ3n) is 5.48. The van der Waals surface area contributed by atoms with Crippen LogP contribution in [0.3, 0.4) is 0 Å². The van der Waals surface area contributed by atoms with Gasteiger partial charge in [-0.05, 0) is 78.5 Å². The summed E-state index contributed by atoms with van der Waals surface area (Å²) >= 11 is 0. The smallest absolute Gasteiger partial charge is 0.123 e. The lowest BCUT2D eigenvalue weighted by atomic mass is 9.86. The number of halogens is 1. The fourth-order valence-corrected chi connectivity index (χ4v) is 3.79. The first-order chi connectivity index (χ1) is 15.1. The first-order valence-electron chi connectivity index (χ1n) is 10.9. The summed E-state index contributed by atoms with van der Waals surface area (Å²) in [5.41, 5.74) is 6.74. The zero-order chi connectivity index (χ0) is 22.2. The van der Waals surface area contributed by atoms with Gasteiger partial charge >= 0.3 is 0 Å². The van der Waals surface area contributed by atoms with Crippen LogP contribution in [0.1, 0.15) is 39.2 Å². The predicted octanol–water partition coefficient (Wildman–Crippen LogP) is 6.24. The summed E-state index contributed by atoms with van der Waals surface area (Å²) < 4.78 is 24.8. The Hall–Kier alpha value is -2.85. The van der Waals surface area contributed by atoms with Crippen LogP contribution in [-0.4, -0.2) is 26.4 Å². The van der Waals surface area contributed by atoms with Crippen LogP contribution in [0.15, 0.2) is 88.9 Å². The van der Waals surface area contributed by atoms with Gasteiger partial charge in [0.15, 0.2) is 0 Å². The van der Waals surface area contributed by atoms with Crippen LogP contribution in [0.5, 0.6) is 0 Å². The van der Waals surface area contributed by atoms with E-state index in [1.54, 1.807) is 7.11 Å². The van der Waals surface area contributed by atoms with Gasteiger partial charge in [0.05, 0.1) is 6.61 Å². The van der Waals surface area contributed by atoms with E-state index in [-0.39, 0.29) is 11.9 Å². The number of nitrogens with one attached hydrogen (secondary N) is 1. The second-order valence-electron chi connectivity index (χ2n) is 7.69. The lowest BCUT2D eigenvalue weighted by Gasteiger charge is -2.34. The summed E-state index contributed by atoms with van der Waals surface area (Å²) in [6, 6.07) is 6.55. The van der Waals surface area contributed by atoms with Gasteiger partial charge in [0.2, 0.25) is 0 Å². The van der Waals surface area contributed by atoms with Crippen LogP contribution in [0.2, 0.25) is 0 Å². The van der Waals surface area contributed by atoms with E-state index in [1.165, 1.54) is 28.9 Å². The fourth-order valence-electron chi connectivity index (χ4n) is 3.79. The highest BCUT2D eigenvalue weighted by atomic mass is 19.1. The minimum absolute atomic E-state index is 0.0488. The Labute approximate surface area is 185 Å². The van der Waals surface area contributed by atoms with Gasteiger partial charge in [-0.1, -0.05) is 37.3 Å². The Balaban J connectivity index is 1.99. The van der Waals surface area contributed by atoms with Gasteiger partial charge in [-0.25, -0.2) is 4.39 Å². The Morgan fingerprint density at radius 1 is 1.13 bits per heavy atom. The molecule has 1 aromatic carbocycles. The van der Waals surface area contributed by atoms with Crippen LogP contribution in [0, 0.1) is 5.82 Å². The van der Waals surface area contributed by atoms with E-state index in [0.29, 0.717) is 13.2 Å². The largest absolute Gasteiger partial charge is 0.495 e. The predicted molar refractivity (Wildman–Crippen MR) is 126 cm³/mol. The average Bonchev–Trinajstić information content (AvgIpc) is 2.78. The maximum Gasteiger partial charge on any atom is 0.123 e. The van der Waals surface area contributed by atoms with Gasteiger partial charge in [0.1, 0.15) is 17.6 Å². The number of fused-ring (bicyclic) bond motifs is 1. The Morgan fingerprint density at radius 2 is 1.90 bits per heavy atom. The third kappa shape index (κ3) is 5.65. The molecule has 1 aliphatic heterocycles. The Kier molecular flexibility index (Phi) is 8.07. The fraction of sp³-hybridized carbons (Fsp3) is 0.333. The molecule has 4 heteroatoms. The number of hydrogen-bond donors (Lipinski definition) is 1. The molecule has 1 aliphatic carbocycles. The molecule has 1 N–H and O–H groups in total. The van der Waals surface area contributed by atoms with Crippen molar-refractivity contribution in [1.82, 2.24) is 5.32 Å². The molecule has 0 saturated heterocycles. The SMILES string of the molecule is C/C=C\C=C(/CC)C1=CC(C)=C2C=C(c3ccc(F)cc3)C=C(OCCCOC)C2N1. The topological polar surface area (TPSA) is 30.5 Å². The van der Waals surface area contributed by atoms with E-state index < -0.39 is 0 Å². The maximum absolute atomic E-state index is 13.4. The van der Waals surface area contributed by atoms with Gasteiger partial charge in [-0.2, -0.15) is 0 Å². The van der Waals surface area contributed by atoms with Gasteiger partial charge in [-0.3, -0.25) is 0 Å². The minimum Gasteiger partial charge on any atom is -0.495 e. The van der Waals surface area contributed by atoms with Crippen molar-refractivity contribution < 1.29 is 13.9 Å². The number of dihydropyridines is 1. The molecular formula is C27H32FNO2. The second kappa shape index (κ2) is 11.0. The van der Waals surface area contributed by atoms with E-state index in [1.807, 2.05) is 25.1 Å². The monoisotopic (exact) mass is 421 g/mol. The molecule has 3 nitrogen and oxygen atoms in total. The third-order valence-corrected chi connectivity index (χ3v) is 5.48. The first-order valence-corrected chi connectivity index (χ1v) is 10.9.